The fourth-order valence-electron chi connectivity index (χ4n) is 2.82. The van der Waals surface area contributed by atoms with Gasteiger partial charge in [-0.1, -0.05) is 6.07 Å². The molecule has 1 aromatic rings. The van der Waals surface area contributed by atoms with Gasteiger partial charge in [0.25, 0.3) is 0 Å². The number of hydrogen-bond acceptors (Lipinski definition) is 3. The minimum absolute atomic E-state index is 0.258. The van der Waals surface area contributed by atoms with E-state index in [0.717, 1.165) is 36.2 Å². The summed E-state index contributed by atoms with van der Waals surface area (Å²) in [5.41, 5.74) is 2.79. The smallest absolute Gasteiger partial charge is 0.387 e. The third kappa shape index (κ3) is 4.14. The van der Waals surface area contributed by atoms with Crippen molar-refractivity contribution in [2.24, 2.45) is 5.92 Å². The number of alkyl halides is 2. The molecule has 5 heteroatoms. The summed E-state index contributed by atoms with van der Waals surface area (Å²) >= 11 is 0. The van der Waals surface area contributed by atoms with E-state index in [4.69, 9.17) is 0 Å². The highest BCUT2D eigenvalue weighted by Gasteiger charge is 2.26. The van der Waals surface area contributed by atoms with Crippen molar-refractivity contribution in [1.29, 1.82) is 0 Å². The zero-order valence-corrected chi connectivity index (χ0v) is 12.8. The predicted molar refractivity (Wildman–Crippen MR) is 77.6 cm³/mol. The number of hydrogen-bond donors (Lipinski definition) is 1. The van der Waals surface area contributed by atoms with E-state index in [1.165, 1.54) is 0 Å². The van der Waals surface area contributed by atoms with E-state index in [1.54, 1.807) is 13.0 Å². The molecule has 2 atom stereocenters. The van der Waals surface area contributed by atoms with Crippen molar-refractivity contribution in [3.63, 3.8) is 0 Å². The van der Waals surface area contributed by atoms with Crippen molar-refractivity contribution in [3.8, 4) is 5.75 Å². The molecule has 0 spiro atoms. The summed E-state index contributed by atoms with van der Waals surface area (Å²) < 4.78 is 29.7. The lowest BCUT2D eigenvalue weighted by Crippen LogP contribution is -2.24. The molecule has 1 aromatic carbocycles. The second-order valence-electron chi connectivity index (χ2n) is 5.95. The number of halogens is 2. The average Bonchev–Trinajstić information content (AvgIpc) is 2.83. The zero-order valence-electron chi connectivity index (χ0n) is 12.8. The number of aliphatic hydroxyl groups is 1. The Hall–Kier alpha value is -1.20. The van der Waals surface area contributed by atoms with Crippen LogP contribution in [0, 0.1) is 19.8 Å². The standard InChI is InChI=1S/C16H23F2NO2/c1-10-6-14(15(7-11(10)2)21-16(17)18)9-19-5-4-13(8-19)12(3)20/h6-7,12-13,16,20H,4-5,8-9H2,1-3H3. The molecule has 3 nitrogen and oxygen atoms in total. The first-order chi connectivity index (χ1) is 9.86. The minimum Gasteiger partial charge on any atom is -0.434 e. The van der Waals surface area contributed by atoms with Gasteiger partial charge in [-0.05, 0) is 56.8 Å². The summed E-state index contributed by atoms with van der Waals surface area (Å²) in [6.45, 7) is 5.08. The van der Waals surface area contributed by atoms with Crippen LogP contribution < -0.4 is 4.74 Å². The SMILES string of the molecule is Cc1cc(CN2CCC(C(C)O)C2)c(OC(F)F)cc1C. The van der Waals surface area contributed by atoms with E-state index in [0.29, 0.717) is 6.54 Å². The second kappa shape index (κ2) is 6.71. The molecule has 21 heavy (non-hydrogen) atoms. The molecule has 118 valence electrons. The monoisotopic (exact) mass is 299 g/mol. The van der Waals surface area contributed by atoms with E-state index < -0.39 is 6.61 Å². The van der Waals surface area contributed by atoms with Crippen molar-refractivity contribution in [2.75, 3.05) is 13.1 Å². The molecule has 1 heterocycles. The fraction of sp³-hybridized carbons (Fsp3) is 0.625. The lowest BCUT2D eigenvalue weighted by Gasteiger charge is -2.20. The number of likely N-dealkylation sites (tertiary alicyclic amines) is 1. The molecule has 2 unspecified atom stereocenters. The van der Waals surface area contributed by atoms with Crippen LogP contribution in [0.1, 0.15) is 30.0 Å². The molecule has 0 aliphatic carbocycles. The first-order valence-corrected chi connectivity index (χ1v) is 7.32. The van der Waals surface area contributed by atoms with Gasteiger partial charge in [-0.2, -0.15) is 8.78 Å². The van der Waals surface area contributed by atoms with E-state index in [9.17, 15) is 13.9 Å². The predicted octanol–water partition coefficient (Wildman–Crippen LogP) is 3.11. The Balaban J connectivity index is 2.13. The van der Waals surface area contributed by atoms with Gasteiger partial charge >= 0.3 is 6.61 Å². The summed E-state index contributed by atoms with van der Waals surface area (Å²) in [7, 11) is 0. The van der Waals surface area contributed by atoms with E-state index >= 15 is 0 Å². The molecular weight excluding hydrogens is 276 g/mol. The number of aryl methyl sites for hydroxylation is 2. The maximum Gasteiger partial charge on any atom is 0.387 e. The summed E-state index contributed by atoms with van der Waals surface area (Å²) in [5, 5.41) is 9.64. The van der Waals surface area contributed by atoms with Gasteiger partial charge in [0.05, 0.1) is 6.10 Å². The maximum atomic E-state index is 12.5. The van der Waals surface area contributed by atoms with Crippen LogP contribution in [0.25, 0.3) is 0 Å². The van der Waals surface area contributed by atoms with Crippen LogP contribution in [0.5, 0.6) is 5.75 Å². The van der Waals surface area contributed by atoms with Gasteiger partial charge in [0.1, 0.15) is 5.75 Å². The van der Waals surface area contributed by atoms with Gasteiger partial charge in [-0.3, -0.25) is 4.90 Å². The fourth-order valence-corrected chi connectivity index (χ4v) is 2.82. The van der Waals surface area contributed by atoms with Crippen molar-refractivity contribution in [2.45, 2.75) is 46.5 Å². The van der Waals surface area contributed by atoms with Crippen molar-refractivity contribution < 1.29 is 18.6 Å². The van der Waals surface area contributed by atoms with Gasteiger partial charge in [0, 0.05) is 18.7 Å². The summed E-state index contributed by atoms with van der Waals surface area (Å²) in [4.78, 5) is 2.18. The Morgan fingerprint density at radius 3 is 2.57 bits per heavy atom. The topological polar surface area (TPSA) is 32.7 Å². The van der Waals surface area contributed by atoms with Crippen LogP contribution >= 0.6 is 0 Å². The Morgan fingerprint density at radius 2 is 2.00 bits per heavy atom. The van der Waals surface area contributed by atoms with Gasteiger partial charge in [-0.25, -0.2) is 0 Å². The molecule has 2 rings (SSSR count). The lowest BCUT2D eigenvalue weighted by atomic mass is 10.0. The molecular formula is C16H23F2NO2. The molecule has 0 aromatic heterocycles. The zero-order chi connectivity index (χ0) is 15.6. The Morgan fingerprint density at radius 1 is 1.33 bits per heavy atom. The summed E-state index contributed by atoms with van der Waals surface area (Å²) in [6.07, 6.45) is 0.611. The number of aliphatic hydroxyl groups excluding tert-OH is 1. The number of nitrogens with zero attached hydrogens (tertiary/aromatic N) is 1. The molecule has 0 bridgehead atoms. The lowest BCUT2D eigenvalue weighted by molar-refractivity contribution is -0.0507. The van der Waals surface area contributed by atoms with Crippen molar-refractivity contribution in [1.82, 2.24) is 4.90 Å². The maximum absolute atomic E-state index is 12.5. The van der Waals surface area contributed by atoms with Gasteiger partial charge in [-0.15, -0.1) is 0 Å². The molecule has 0 saturated carbocycles. The Labute approximate surface area is 124 Å². The van der Waals surface area contributed by atoms with Crippen molar-refractivity contribution >= 4 is 0 Å². The van der Waals surface area contributed by atoms with E-state index in [2.05, 4.69) is 9.64 Å². The molecule has 1 aliphatic heterocycles. The van der Waals surface area contributed by atoms with Crippen LogP contribution in [-0.2, 0) is 6.54 Å². The molecule has 1 saturated heterocycles. The largest absolute Gasteiger partial charge is 0.434 e. The van der Waals surface area contributed by atoms with Gasteiger partial charge < -0.3 is 9.84 Å². The quantitative estimate of drug-likeness (QED) is 0.907. The van der Waals surface area contributed by atoms with Gasteiger partial charge in [0.15, 0.2) is 0 Å². The van der Waals surface area contributed by atoms with Crippen LogP contribution in [-0.4, -0.2) is 35.8 Å². The van der Waals surface area contributed by atoms with Crippen LogP contribution in [0.4, 0.5) is 8.78 Å². The number of rotatable bonds is 5. The average molecular weight is 299 g/mol. The molecule has 1 aliphatic rings. The minimum atomic E-state index is -2.81. The summed E-state index contributed by atoms with van der Waals surface area (Å²) in [5.74, 6) is 0.518. The number of benzene rings is 1. The van der Waals surface area contributed by atoms with Crippen LogP contribution in [0.2, 0.25) is 0 Å². The molecule has 1 N–H and O–H groups in total. The van der Waals surface area contributed by atoms with E-state index in [-0.39, 0.29) is 17.8 Å². The van der Waals surface area contributed by atoms with Crippen molar-refractivity contribution in [3.05, 3.63) is 28.8 Å². The molecule has 0 amide bonds. The first kappa shape index (κ1) is 16.2. The van der Waals surface area contributed by atoms with Gasteiger partial charge in [0.2, 0.25) is 0 Å². The number of ether oxygens (including phenoxy) is 1. The van der Waals surface area contributed by atoms with Crippen LogP contribution in [0.3, 0.4) is 0 Å². The Kier molecular flexibility index (Phi) is 5.17. The molecule has 0 radical (unpaired) electrons. The third-order valence-corrected chi connectivity index (χ3v) is 4.28. The second-order valence-corrected chi connectivity index (χ2v) is 5.95. The van der Waals surface area contributed by atoms with E-state index in [1.807, 2.05) is 19.9 Å². The Bertz CT molecular complexity index is 491. The first-order valence-electron chi connectivity index (χ1n) is 7.32. The highest BCUT2D eigenvalue weighted by Crippen LogP contribution is 2.29. The van der Waals surface area contributed by atoms with Crippen LogP contribution in [0.15, 0.2) is 12.1 Å². The molecule has 1 fully saturated rings. The highest BCUT2D eigenvalue weighted by molar-refractivity contribution is 5.41. The third-order valence-electron chi connectivity index (χ3n) is 4.28. The summed E-state index contributed by atoms with van der Waals surface area (Å²) in [6, 6.07) is 3.60. The normalized spacial score (nSPS) is 21.0. The highest BCUT2D eigenvalue weighted by atomic mass is 19.3.